The smallest absolute Gasteiger partial charge is 0.141 e. The first-order chi connectivity index (χ1) is 13.4. The number of halogens is 1. The predicted octanol–water partition coefficient (Wildman–Crippen LogP) is 4.34. The number of likely N-dealkylation sites (N-methyl/N-ethyl adjacent to an activating group) is 1. The van der Waals surface area contributed by atoms with E-state index >= 15 is 0 Å². The minimum absolute atomic E-state index is 0.0231. The van der Waals surface area contributed by atoms with Crippen LogP contribution in [0.1, 0.15) is 12.5 Å². The van der Waals surface area contributed by atoms with Crippen molar-refractivity contribution >= 4 is 34.4 Å². The van der Waals surface area contributed by atoms with Gasteiger partial charge in [-0.2, -0.15) is 0 Å². The van der Waals surface area contributed by atoms with Gasteiger partial charge in [-0.25, -0.2) is 0 Å². The molecule has 28 heavy (non-hydrogen) atoms. The number of aryl methyl sites for hydroxylation is 1. The zero-order valence-electron chi connectivity index (χ0n) is 16.5. The Kier molecular flexibility index (Phi) is 6.09. The molecule has 149 valence electrons. The molecule has 1 aliphatic heterocycles. The Hall–Kier alpha value is -2.73. The number of nitrogen functional groups attached to an aromatic ring is 1. The average Bonchev–Trinajstić information content (AvgIpc) is 3.11. The van der Waals surface area contributed by atoms with Gasteiger partial charge in [0.2, 0.25) is 0 Å². The molecule has 3 rings (SSSR count). The zero-order chi connectivity index (χ0) is 20.3. The number of aromatic hydroxyl groups is 1. The Balaban J connectivity index is 1.66. The van der Waals surface area contributed by atoms with E-state index in [0.717, 1.165) is 31.0 Å². The summed E-state index contributed by atoms with van der Waals surface area (Å²) in [6.45, 7) is 8.81. The molecule has 2 aromatic rings. The number of rotatable bonds is 7. The van der Waals surface area contributed by atoms with Crippen molar-refractivity contribution in [2.45, 2.75) is 13.8 Å². The van der Waals surface area contributed by atoms with E-state index < -0.39 is 0 Å². The fourth-order valence-corrected chi connectivity index (χ4v) is 3.39. The van der Waals surface area contributed by atoms with E-state index in [1.807, 2.05) is 30.3 Å². The van der Waals surface area contributed by atoms with Gasteiger partial charge >= 0.3 is 0 Å². The van der Waals surface area contributed by atoms with Gasteiger partial charge < -0.3 is 30.9 Å². The molecule has 0 fully saturated rings. The number of anilines is 4. The normalized spacial score (nSPS) is 13.3. The molecule has 7 heteroatoms. The van der Waals surface area contributed by atoms with E-state index in [4.69, 9.17) is 17.3 Å². The van der Waals surface area contributed by atoms with Crippen LogP contribution in [0.2, 0.25) is 5.02 Å². The second-order valence-corrected chi connectivity index (χ2v) is 7.26. The summed E-state index contributed by atoms with van der Waals surface area (Å²) in [7, 11) is 2.02. The summed E-state index contributed by atoms with van der Waals surface area (Å²) >= 11 is 6.10. The van der Waals surface area contributed by atoms with Crippen LogP contribution in [0.5, 0.6) is 5.75 Å². The van der Waals surface area contributed by atoms with Crippen LogP contribution in [-0.2, 0) is 0 Å². The second kappa shape index (κ2) is 8.52. The number of nitrogens with two attached hydrogens (primary N) is 1. The van der Waals surface area contributed by atoms with Gasteiger partial charge in [-0.05, 0) is 49.7 Å². The largest absolute Gasteiger partial charge is 0.506 e. The number of hydrogen-bond donors (Lipinski definition) is 3. The summed E-state index contributed by atoms with van der Waals surface area (Å²) in [6.07, 6.45) is 4.12. The summed E-state index contributed by atoms with van der Waals surface area (Å²) in [5, 5.41) is 13.3. The highest BCUT2D eigenvalue weighted by molar-refractivity contribution is 6.35. The van der Waals surface area contributed by atoms with E-state index in [1.54, 1.807) is 13.0 Å². The summed E-state index contributed by atoms with van der Waals surface area (Å²) in [5.74, 6) is 0.0231. The first-order valence-corrected chi connectivity index (χ1v) is 9.67. The molecule has 0 aromatic heterocycles. The fraction of sp³-hybridized carbons (Fsp3) is 0.286. The highest BCUT2D eigenvalue weighted by Crippen LogP contribution is 2.39. The first kappa shape index (κ1) is 20.0. The van der Waals surface area contributed by atoms with Gasteiger partial charge in [0, 0.05) is 50.5 Å². The fourth-order valence-electron chi connectivity index (χ4n) is 3.14. The standard InChI is InChI=1S/C21H27ClN5O/c1-4-27(12-11-26-10-9-25(3)14-26)17-7-5-16(6-8-17)24-18-13-15(2)21(28)19(22)20(18)23/h5-10,13-14,24,28H,4,11-12,23H2,1-3H3. The molecular weight excluding hydrogens is 374 g/mol. The van der Waals surface area contributed by atoms with E-state index in [0.29, 0.717) is 16.9 Å². The number of nitrogens with zero attached hydrogens (tertiary/aromatic N) is 3. The Morgan fingerprint density at radius 2 is 1.93 bits per heavy atom. The third-order valence-electron chi connectivity index (χ3n) is 4.81. The van der Waals surface area contributed by atoms with E-state index in [1.165, 1.54) is 0 Å². The maximum atomic E-state index is 9.89. The van der Waals surface area contributed by atoms with Crippen LogP contribution in [0.25, 0.3) is 0 Å². The van der Waals surface area contributed by atoms with E-state index in [2.05, 4.69) is 47.0 Å². The summed E-state index contributed by atoms with van der Waals surface area (Å²) in [4.78, 5) is 6.55. The topological polar surface area (TPSA) is 68.0 Å². The van der Waals surface area contributed by atoms with Gasteiger partial charge in [-0.15, -0.1) is 0 Å². The molecule has 0 bridgehead atoms. The molecule has 0 saturated carbocycles. The van der Waals surface area contributed by atoms with Crippen LogP contribution < -0.4 is 16.0 Å². The molecule has 0 saturated heterocycles. The Bertz CT molecular complexity index is 853. The Morgan fingerprint density at radius 1 is 1.21 bits per heavy atom. The monoisotopic (exact) mass is 400 g/mol. The summed E-state index contributed by atoms with van der Waals surface area (Å²) in [6, 6.07) is 10.0. The van der Waals surface area contributed by atoms with Crippen LogP contribution >= 0.6 is 11.6 Å². The third-order valence-corrected chi connectivity index (χ3v) is 5.20. The lowest BCUT2D eigenvalue weighted by Gasteiger charge is -2.26. The number of nitrogens with one attached hydrogen (secondary N) is 1. The van der Waals surface area contributed by atoms with Gasteiger partial charge in [0.05, 0.1) is 11.4 Å². The molecule has 6 nitrogen and oxygen atoms in total. The van der Waals surface area contributed by atoms with Crippen LogP contribution in [0.4, 0.5) is 22.7 Å². The minimum atomic E-state index is 0.0231. The molecule has 4 N–H and O–H groups in total. The van der Waals surface area contributed by atoms with E-state index in [-0.39, 0.29) is 10.8 Å². The third kappa shape index (κ3) is 4.39. The van der Waals surface area contributed by atoms with Crippen LogP contribution in [0, 0.1) is 13.6 Å². The van der Waals surface area contributed by atoms with Gasteiger partial charge in [0.25, 0.3) is 0 Å². The maximum Gasteiger partial charge on any atom is 0.141 e. The van der Waals surface area contributed by atoms with Crippen LogP contribution in [0.3, 0.4) is 0 Å². The number of benzene rings is 2. The predicted molar refractivity (Wildman–Crippen MR) is 118 cm³/mol. The summed E-state index contributed by atoms with van der Waals surface area (Å²) < 4.78 is 0. The van der Waals surface area contributed by atoms with Crippen LogP contribution in [-0.4, -0.2) is 41.6 Å². The molecule has 0 spiro atoms. The molecule has 0 amide bonds. The Morgan fingerprint density at radius 3 is 2.54 bits per heavy atom. The van der Waals surface area contributed by atoms with Gasteiger partial charge in [0.15, 0.2) is 0 Å². The van der Waals surface area contributed by atoms with Crippen molar-refractivity contribution in [3.05, 3.63) is 60.0 Å². The van der Waals surface area contributed by atoms with E-state index in [9.17, 15) is 5.11 Å². The van der Waals surface area contributed by atoms with Crippen molar-refractivity contribution in [2.75, 3.05) is 42.6 Å². The zero-order valence-corrected chi connectivity index (χ0v) is 17.2. The number of phenolic OH excluding ortho intramolecular Hbond substituents is 1. The number of hydrogen-bond acceptors (Lipinski definition) is 6. The molecule has 1 aliphatic rings. The SMILES string of the molecule is CCN(CCN1[CH]N(C)C=C1)c1ccc(Nc2cc(C)c(O)c(Cl)c2N)cc1. The number of phenols is 1. The van der Waals surface area contributed by atoms with Gasteiger partial charge in [-0.3, -0.25) is 0 Å². The molecule has 0 unspecified atom stereocenters. The summed E-state index contributed by atoms with van der Waals surface area (Å²) in [5.41, 5.74) is 9.79. The van der Waals surface area contributed by atoms with Crippen LogP contribution in [0.15, 0.2) is 42.7 Å². The highest BCUT2D eigenvalue weighted by Gasteiger charge is 2.13. The van der Waals surface area contributed by atoms with Crippen molar-refractivity contribution in [1.29, 1.82) is 0 Å². The molecule has 1 radical (unpaired) electrons. The van der Waals surface area contributed by atoms with Crippen molar-refractivity contribution in [1.82, 2.24) is 9.80 Å². The minimum Gasteiger partial charge on any atom is -0.506 e. The lowest BCUT2D eigenvalue weighted by atomic mass is 10.1. The second-order valence-electron chi connectivity index (χ2n) is 6.89. The molecule has 0 atom stereocenters. The highest BCUT2D eigenvalue weighted by atomic mass is 35.5. The molecule has 2 aromatic carbocycles. The van der Waals surface area contributed by atoms with Crippen molar-refractivity contribution in [2.24, 2.45) is 0 Å². The van der Waals surface area contributed by atoms with Crippen molar-refractivity contribution < 1.29 is 5.11 Å². The average molecular weight is 401 g/mol. The molecule has 1 heterocycles. The molecule has 0 aliphatic carbocycles. The van der Waals surface area contributed by atoms with Gasteiger partial charge in [-0.1, -0.05) is 11.6 Å². The maximum absolute atomic E-state index is 9.89. The molecular formula is C21H27ClN5O. The lowest BCUT2D eigenvalue weighted by molar-refractivity contribution is 0.383. The van der Waals surface area contributed by atoms with Crippen molar-refractivity contribution in [3.8, 4) is 5.75 Å². The first-order valence-electron chi connectivity index (χ1n) is 9.29. The Labute approximate surface area is 171 Å². The van der Waals surface area contributed by atoms with Crippen molar-refractivity contribution in [3.63, 3.8) is 0 Å². The van der Waals surface area contributed by atoms with Gasteiger partial charge in [0.1, 0.15) is 17.4 Å². The lowest BCUT2D eigenvalue weighted by Crippen LogP contribution is -2.31. The quantitative estimate of drug-likeness (QED) is 0.474.